The summed E-state index contributed by atoms with van der Waals surface area (Å²) in [6.07, 6.45) is 3.68. The first-order valence-electron chi connectivity index (χ1n) is 4.67. The Labute approximate surface area is 78.3 Å². The van der Waals surface area contributed by atoms with Crippen LogP contribution >= 0.6 is 0 Å². The fourth-order valence-corrected chi connectivity index (χ4v) is 1.62. The summed E-state index contributed by atoms with van der Waals surface area (Å²) < 4.78 is 11.3. The van der Waals surface area contributed by atoms with Crippen LogP contribution in [0.25, 0.3) is 0 Å². The molecule has 0 radical (unpaired) electrons. The second kappa shape index (κ2) is 2.80. The maximum Gasteiger partial charge on any atom is 0.190 e. The van der Waals surface area contributed by atoms with E-state index in [1.165, 1.54) is 0 Å². The second-order valence-electron chi connectivity index (χ2n) is 4.68. The highest BCUT2D eigenvalue weighted by molar-refractivity contribution is 5.10. The van der Waals surface area contributed by atoms with Gasteiger partial charge in [-0.1, -0.05) is 19.9 Å². The zero-order chi connectivity index (χ0) is 9.53. The number of rotatable bonds is 0. The van der Waals surface area contributed by atoms with Gasteiger partial charge in [-0.25, -0.2) is 0 Å². The van der Waals surface area contributed by atoms with Gasteiger partial charge in [-0.15, -0.1) is 0 Å². The molecule has 0 saturated carbocycles. The summed E-state index contributed by atoms with van der Waals surface area (Å²) in [5.41, 5.74) is 0.0899. The van der Waals surface area contributed by atoms with E-state index in [0.29, 0.717) is 19.6 Å². The SMILES string of the molecule is CC1(C)COC2(C=C[C@H](O)C2)OC1. The lowest BCUT2D eigenvalue weighted by Gasteiger charge is -2.40. The molecule has 2 rings (SSSR count). The topological polar surface area (TPSA) is 38.7 Å². The molecule has 1 N–H and O–H groups in total. The van der Waals surface area contributed by atoms with Gasteiger partial charge in [0.05, 0.1) is 19.3 Å². The Bertz CT molecular complexity index is 222. The summed E-state index contributed by atoms with van der Waals surface area (Å²) in [6.45, 7) is 5.58. The first-order chi connectivity index (χ1) is 6.02. The lowest BCUT2D eigenvalue weighted by Crippen LogP contribution is -2.45. The molecule has 1 atom stereocenters. The van der Waals surface area contributed by atoms with Crippen LogP contribution in [0.2, 0.25) is 0 Å². The highest BCUT2D eigenvalue weighted by Gasteiger charge is 2.42. The van der Waals surface area contributed by atoms with Crippen molar-refractivity contribution in [1.82, 2.24) is 0 Å². The Morgan fingerprint density at radius 2 is 1.92 bits per heavy atom. The number of aliphatic hydroxyl groups is 1. The predicted molar refractivity (Wildman–Crippen MR) is 48.2 cm³/mol. The summed E-state index contributed by atoms with van der Waals surface area (Å²) >= 11 is 0. The predicted octanol–water partition coefficient (Wildman–Crippen LogP) is 1.08. The van der Waals surface area contributed by atoms with Gasteiger partial charge in [0.25, 0.3) is 0 Å². The van der Waals surface area contributed by atoms with Crippen LogP contribution in [0.5, 0.6) is 0 Å². The summed E-state index contributed by atoms with van der Waals surface area (Å²) in [4.78, 5) is 0. The molecular formula is C10H16O3. The summed E-state index contributed by atoms with van der Waals surface area (Å²) in [6, 6.07) is 0. The number of aliphatic hydroxyl groups excluding tert-OH is 1. The Morgan fingerprint density at radius 3 is 2.38 bits per heavy atom. The number of hydrogen-bond donors (Lipinski definition) is 1. The minimum Gasteiger partial charge on any atom is -0.389 e. The van der Waals surface area contributed by atoms with Gasteiger partial charge in [-0.2, -0.15) is 0 Å². The summed E-state index contributed by atoms with van der Waals surface area (Å²) in [5, 5.41) is 9.33. The van der Waals surface area contributed by atoms with Gasteiger partial charge in [0.15, 0.2) is 5.79 Å². The van der Waals surface area contributed by atoms with E-state index in [4.69, 9.17) is 9.47 Å². The van der Waals surface area contributed by atoms with Crippen molar-refractivity contribution in [3.8, 4) is 0 Å². The van der Waals surface area contributed by atoms with Crippen LogP contribution < -0.4 is 0 Å². The summed E-state index contributed by atoms with van der Waals surface area (Å²) in [7, 11) is 0. The normalized spacial score (nSPS) is 35.5. The van der Waals surface area contributed by atoms with Crippen molar-refractivity contribution >= 4 is 0 Å². The van der Waals surface area contributed by atoms with Crippen molar-refractivity contribution < 1.29 is 14.6 Å². The second-order valence-corrected chi connectivity index (χ2v) is 4.68. The van der Waals surface area contributed by atoms with Crippen molar-refractivity contribution in [3.63, 3.8) is 0 Å². The van der Waals surface area contributed by atoms with E-state index in [1.807, 2.05) is 6.08 Å². The van der Waals surface area contributed by atoms with Gasteiger partial charge in [0, 0.05) is 11.8 Å². The first-order valence-corrected chi connectivity index (χ1v) is 4.67. The monoisotopic (exact) mass is 184 g/mol. The van der Waals surface area contributed by atoms with Gasteiger partial charge in [-0.3, -0.25) is 0 Å². The molecule has 0 amide bonds. The maximum absolute atomic E-state index is 9.33. The van der Waals surface area contributed by atoms with E-state index in [-0.39, 0.29) is 5.41 Å². The van der Waals surface area contributed by atoms with E-state index in [9.17, 15) is 5.11 Å². The molecule has 1 aliphatic carbocycles. The van der Waals surface area contributed by atoms with Crippen LogP contribution in [0.15, 0.2) is 12.2 Å². The standard InChI is InChI=1S/C10H16O3/c1-9(2)6-12-10(13-7-9)4-3-8(11)5-10/h3-4,8,11H,5-7H2,1-2H3/t8-/m0/s1. The molecule has 3 heteroatoms. The molecule has 0 bridgehead atoms. The van der Waals surface area contributed by atoms with Crippen LogP contribution in [0.3, 0.4) is 0 Å². The molecule has 3 nitrogen and oxygen atoms in total. The van der Waals surface area contributed by atoms with E-state index < -0.39 is 11.9 Å². The molecule has 0 aromatic rings. The minimum absolute atomic E-state index is 0.0899. The van der Waals surface area contributed by atoms with Gasteiger partial charge >= 0.3 is 0 Å². The third-order valence-electron chi connectivity index (χ3n) is 2.48. The fraction of sp³-hybridized carbons (Fsp3) is 0.800. The maximum atomic E-state index is 9.33. The highest BCUT2D eigenvalue weighted by Crippen LogP contribution is 2.36. The third kappa shape index (κ3) is 1.77. The summed E-state index contributed by atoms with van der Waals surface area (Å²) in [5.74, 6) is -0.630. The van der Waals surface area contributed by atoms with Gasteiger partial charge in [-0.05, 0) is 6.08 Å². The lowest BCUT2D eigenvalue weighted by atomic mass is 9.94. The molecule has 1 aliphatic heterocycles. The van der Waals surface area contributed by atoms with Crippen LogP contribution in [0.4, 0.5) is 0 Å². The van der Waals surface area contributed by atoms with Crippen molar-refractivity contribution in [3.05, 3.63) is 12.2 Å². The largest absolute Gasteiger partial charge is 0.389 e. The molecule has 1 saturated heterocycles. The molecule has 0 unspecified atom stereocenters. The Hall–Kier alpha value is -0.380. The Kier molecular flexibility index (Phi) is 1.98. The van der Waals surface area contributed by atoms with E-state index >= 15 is 0 Å². The van der Waals surface area contributed by atoms with Gasteiger partial charge in [0.2, 0.25) is 0 Å². The molecule has 0 aromatic heterocycles. The number of hydrogen-bond acceptors (Lipinski definition) is 3. The minimum atomic E-state index is -0.630. The molecule has 1 heterocycles. The number of ether oxygens (including phenoxy) is 2. The molecule has 1 spiro atoms. The molecular weight excluding hydrogens is 168 g/mol. The zero-order valence-electron chi connectivity index (χ0n) is 8.12. The molecule has 13 heavy (non-hydrogen) atoms. The average molecular weight is 184 g/mol. The Balaban J connectivity index is 2.02. The average Bonchev–Trinajstić information content (AvgIpc) is 2.41. The zero-order valence-corrected chi connectivity index (χ0v) is 8.12. The molecule has 0 aromatic carbocycles. The van der Waals surface area contributed by atoms with Crippen molar-refractivity contribution in [2.24, 2.45) is 5.41 Å². The quantitative estimate of drug-likeness (QED) is 0.572. The lowest BCUT2D eigenvalue weighted by molar-refractivity contribution is -0.274. The van der Waals surface area contributed by atoms with E-state index in [2.05, 4.69) is 13.8 Å². The van der Waals surface area contributed by atoms with Gasteiger partial charge in [0.1, 0.15) is 0 Å². The Morgan fingerprint density at radius 1 is 1.31 bits per heavy atom. The fourth-order valence-electron chi connectivity index (χ4n) is 1.62. The van der Waals surface area contributed by atoms with Crippen LogP contribution in [-0.2, 0) is 9.47 Å². The van der Waals surface area contributed by atoms with Crippen LogP contribution in [-0.4, -0.2) is 30.2 Å². The van der Waals surface area contributed by atoms with E-state index in [1.54, 1.807) is 6.08 Å². The molecule has 74 valence electrons. The van der Waals surface area contributed by atoms with Gasteiger partial charge < -0.3 is 14.6 Å². The van der Waals surface area contributed by atoms with Crippen molar-refractivity contribution in [2.75, 3.05) is 13.2 Å². The first kappa shape index (κ1) is 9.19. The van der Waals surface area contributed by atoms with Crippen molar-refractivity contribution in [1.29, 1.82) is 0 Å². The van der Waals surface area contributed by atoms with Crippen LogP contribution in [0.1, 0.15) is 20.3 Å². The third-order valence-corrected chi connectivity index (χ3v) is 2.48. The smallest absolute Gasteiger partial charge is 0.190 e. The van der Waals surface area contributed by atoms with E-state index in [0.717, 1.165) is 0 Å². The van der Waals surface area contributed by atoms with Crippen LogP contribution in [0, 0.1) is 5.41 Å². The molecule has 2 aliphatic rings. The van der Waals surface area contributed by atoms with Crippen molar-refractivity contribution in [2.45, 2.75) is 32.2 Å². The highest BCUT2D eigenvalue weighted by atomic mass is 16.7. The molecule has 1 fully saturated rings.